The summed E-state index contributed by atoms with van der Waals surface area (Å²) in [5.74, 6) is 1.26. The normalized spacial score (nSPS) is 14.7. The number of imide groups is 1. The zero-order valence-corrected chi connectivity index (χ0v) is 18.1. The zero-order valence-electron chi connectivity index (χ0n) is 17.2. The predicted octanol–water partition coefficient (Wildman–Crippen LogP) is 3.93. The standard InChI is InChI=1S/C23H22N4O3S/c1-26-11-3-4-19(26)17-7-10-21(24-15-17)27(2)12-13-30-18-8-5-16(6-9-18)14-20-22(28)25-23(29)31-20/h3-11,14-15H,12-13H2,1-2H3,(H,25,28,29)/b20-14+. The minimum absolute atomic E-state index is 0.343. The van der Waals surface area contributed by atoms with Crippen LogP contribution in [0.3, 0.4) is 0 Å². The first-order valence-electron chi connectivity index (χ1n) is 9.76. The van der Waals surface area contributed by atoms with Crippen molar-refractivity contribution in [2.24, 2.45) is 7.05 Å². The summed E-state index contributed by atoms with van der Waals surface area (Å²) in [7, 11) is 4.00. The summed E-state index contributed by atoms with van der Waals surface area (Å²) < 4.78 is 7.89. The number of anilines is 1. The number of aromatic nitrogens is 2. The number of amides is 2. The Hall–Kier alpha value is -3.52. The zero-order chi connectivity index (χ0) is 21.8. The highest BCUT2D eigenvalue weighted by Gasteiger charge is 2.24. The van der Waals surface area contributed by atoms with E-state index in [0.717, 1.165) is 40.2 Å². The maximum Gasteiger partial charge on any atom is 0.290 e. The molecule has 0 unspecified atom stereocenters. The maximum atomic E-state index is 11.6. The van der Waals surface area contributed by atoms with Crippen LogP contribution in [0.4, 0.5) is 10.6 Å². The molecule has 1 N–H and O–H groups in total. The molecule has 0 radical (unpaired) electrons. The van der Waals surface area contributed by atoms with Gasteiger partial charge in [0.05, 0.1) is 11.4 Å². The average molecular weight is 435 g/mol. The average Bonchev–Trinajstić information content (AvgIpc) is 3.33. The third kappa shape index (κ3) is 4.97. The number of benzene rings is 1. The van der Waals surface area contributed by atoms with Crippen LogP contribution in [-0.2, 0) is 11.8 Å². The van der Waals surface area contributed by atoms with Gasteiger partial charge in [0.2, 0.25) is 0 Å². The van der Waals surface area contributed by atoms with Crippen molar-refractivity contribution in [3.63, 3.8) is 0 Å². The third-order valence-electron chi connectivity index (χ3n) is 4.89. The molecular weight excluding hydrogens is 412 g/mol. The number of hydrogen-bond acceptors (Lipinski definition) is 6. The second kappa shape index (κ2) is 9.09. The SMILES string of the molecule is CN(CCOc1ccc(/C=C2/SC(=O)NC2=O)cc1)c1ccc(-c2cccn2C)cn1. The van der Waals surface area contributed by atoms with Gasteiger partial charge in [-0.05, 0) is 59.8 Å². The van der Waals surface area contributed by atoms with Crippen molar-refractivity contribution in [2.75, 3.05) is 25.1 Å². The molecule has 8 heteroatoms. The molecule has 2 aromatic heterocycles. The molecule has 0 bridgehead atoms. The number of carbonyl (C=O) groups excluding carboxylic acids is 2. The summed E-state index contributed by atoms with van der Waals surface area (Å²) in [6.45, 7) is 1.19. The van der Waals surface area contributed by atoms with Crippen LogP contribution in [0.25, 0.3) is 17.3 Å². The van der Waals surface area contributed by atoms with Gasteiger partial charge in [0.25, 0.3) is 11.1 Å². The maximum absolute atomic E-state index is 11.6. The quantitative estimate of drug-likeness (QED) is 0.568. The van der Waals surface area contributed by atoms with Gasteiger partial charge in [0.15, 0.2) is 0 Å². The molecule has 1 fully saturated rings. The Balaban J connectivity index is 1.29. The van der Waals surface area contributed by atoms with Gasteiger partial charge in [0, 0.05) is 37.7 Å². The van der Waals surface area contributed by atoms with Crippen LogP contribution in [0.5, 0.6) is 5.75 Å². The van der Waals surface area contributed by atoms with E-state index < -0.39 is 0 Å². The lowest BCUT2D eigenvalue weighted by Gasteiger charge is -2.18. The Kier molecular flexibility index (Phi) is 6.08. The Morgan fingerprint density at radius 3 is 2.58 bits per heavy atom. The summed E-state index contributed by atoms with van der Waals surface area (Å²) in [6, 6.07) is 15.6. The van der Waals surface area contributed by atoms with E-state index in [1.807, 2.05) is 67.8 Å². The summed E-state index contributed by atoms with van der Waals surface area (Å²) >= 11 is 0.906. The lowest BCUT2D eigenvalue weighted by molar-refractivity contribution is -0.115. The van der Waals surface area contributed by atoms with Crippen LogP contribution >= 0.6 is 11.8 Å². The first kappa shape index (κ1) is 20.7. The van der Waals surface area contributed by atoms with E-state index in [1.54, 1.807) is 6.08 Å². The van der Waals surface area contributed by atoms with Crippen molar-refractivity contribution < 1.29 is 14.3 Å². The number of aryl methyl sites for hydroxylation is 1. The van der Waals surface area contributed by atoms with Gasteiger partial charge in [0.1, 0.15) is 18.2 Å². The smallest absolute Gasteiger partial charge is 0.290 e. The molecule has 0 saturated carbocycles. The second-order valence-corrected chi connectivity index (χ2v) is 8.12. The van der Waals surface area contributed by atoms with Gasteiger partial charge in [-0.25, -0.2) is 4.98 Å². The molecule has 1 saturated heterocycles. The van der Waals surface area contributed by atoms with Crippen molar-refractivity contribution in [1.29, 1.82) is 0 Å². The van der Waals surface area contributed by atoms with Crippen molar-refractivity contribution in [3.8, 4) is 17.0 Å². The fourth-order valence-electron chi connectivity index (χ4n) is 3.17. The molecule has 7 nitrogen and oxygen atoms in total. The van der Waals surface area contributed by atoms with Gasteiger partial charge in [-0.2, -0.15) is 0 Å². The number of nitrogens with one attached hydrogen (secondary N) is 1. The number of likely N-dealkylation sites (N-methyl/N-ethyl adjacent to an activating group) is 1. The molecule has 1 aliphatic heterocycles. The number of hydrogen-bond donors (Lipinski definition) is 1. The number of rotatable bonds is 7. The number of thioether (sulfide) groups is 1. The molecule has 1 aliphatic rings. The van der Waals surface area contributed by atoms with Gasteiger partial charge < -0.3 is 14.2 Å². The Morgan fingerprint density at radius 2 is 1.97 bits per heavy atom. The van der Waals surface area contributed by atoms with Crippen LogP contribution in [-0.4, -0.2) is 40.9 Å². The van der Waals surface area contributed by atoms with Crippen molar-refractivity contribution in [3.05, 3.63) is 71.4 Å². The van der Waals surface area contributed by atoms with Crippen LogP contribution in [0.2, 0.25) is 0 Å². The van der Waals surface area contributed by atoms with E-state index in [9.17, 15) is 9.59 Å². The molecule has 4 rings (SSSR count). The van der Waals surface area contributed by atoms with Gasteiger partial charge in [-0.15, -0.1) is 0 Å². The fraction of sp³-hybridized carbons (Fsp3) is 0.174. The predicted molar refractivity (Wildman–Crippen MR) is 123 cm³/mol. The summed E-state index contributed by atoms with van der Waals surface area (Å²) in [5, 5.41) is 1.90. The highest BCUT2D eigenvalue weighted by molar-refractivity contribution is 8.18. The first-order valence-corrected chi connectivity index (χ1v) is 10.6. The number of nitrogens with zero attached hydrogens (tertiary/aromatic N) is 3. The molecule has 31 heavy (non-hydrogen) atoms. The van der Waals surface area contributed by atoms with E-state index in [1.165, 1.54) is 0 Å². The van der Waals surface area contributed by atoms with Crippen LogP contribution in [0.1, 0.15) is 5.56 Å². The molecule has 0 atom stereocenters. The van der Waals surface area contributed by atoms with Crippen LogP contribution in [0, 0.1) is 0 Å². The Morgan fingerprint density at radius 1 is 1.16 bits per heavy atom. The molecule has 158 valence electrons. The van der Waals surface area contributed by atoms with E-state index >= 15 is 0 Å². The molecular formula is C23H22N4O3S. The lowest BCUT2D eigenvalue weighted by Crippen LogP contribution is -2.24. The van der Waals surface area contributed by atoms with Crippen molar-refractivity contribution in [1.82, 2.24) is 14.9 Å². The fourth-order valence-corrected chi connectivity index (χ4v) is 3.85. The highest BCUT2D eigenvalue weighted by atomic mass is 32.2. The second-order valence-electron chi connectivity index (χ2n) is 7.10. The molecule has 0 aliphatic carbocycles. The first-order chi connectivity index (χ1) is 15.0. The van der Waals surface area contributed by atoms with Crippen molar-refractivity contribution in [2.45, 2.75) is 0 Å². The van der Waals surface area contributed by atoms with Crippen LogP contribution < -0.4 is 15.0 Å². The topological polar surface area (TPSA) is 76.5 Å². The Bertz CT molecular complexity index is 1120. The third-order valence-corrected chi connectivity index (χ3v) is 5.70. The van der Waals surface area contributed by atoms with Crippen molar-refractivity contribution >= 4 is 34.8 Å². The van der Waals surface area contributed by atoms with E-state index in [2.05, 4.69) is 27.0 Å². The minimum Gasteiger partial charge on any atom is -0.492 e. The minimum atomic E-state index is -0.358. The largest absolute Gasteiger partial charge is 0.492 e. The highest BCUT2D eigenvalue weighted by Crippen LogP contribution is 2.26. The van der Waals surface area contributed by atoms with E-state index in [0.29, 0.717) is 18.1 Å². The van der Waals surface area contributed by atoms with E-state index in [4.69, 9.17) is 4.74 Å². The van der Waals surface area contributed by atoms with E-state index in [-0.39, 0.29) is 11.1 Å². The molecule has 2 amide bonds. The molecule has 3 aromatic rings. The van der Waals surface area contributed by atoms with Gasteiger partial charge in [-0.1, -0.05) is 12.1 Å². The summed E-state index contributed by atoms with van der Waals surface area (Å²) in [6.07, 6.45) is 5.58. The lowest BCUT2D eigenvalue weighted by atomic mass is 10.2. The number of carbonyl (C=O) groups is 2. The monoisotopic (exact) mass is 434 g/mol. The molecule has 1 aromatic carbocycles. The number of ether oxygens (including phenoxy) is 1. The summed E-state index contributed by atoms with van der Waals surface area (Å²) in [5.41, 5.74) is 3.04. The Labute approximate surface area is 184 Å². The number of pyridine rings is 1. The summed E-state index contributed by atoms with van der Waals surface area (Å²) in [4.78, 5) is 29.8. The van der Waals surface area contributed by atoms with Gasteiger partial charge >= 0.3 is 0 Å². The molecule has 0 spiro atoms. The van der Waals surface area contributed by atoms with Crippen LogP contribution in [0.15, 0.2) is 65.8 Å². The molecule has 3 heterocycles. The van der Waals surface area contributed by atoms with Gasteiger partial charge in [-0.3, -0.25) is 14.9 Å².